The van der Waals surface area contributed by atoms with Gasteiger partial charge in [0.05, 0.1) is 18.2 Å². The van der Waals surface area contributed by atoms with Crippen molar-refractivity contribution in [2.24, 2.45) is 0 Å². The second-order valence-electron chi connectivity index (χ2n) is 5.47. The van der Waals surface area contributed by atoms with E-state index in [1.165, 1.54) is 11.9 Å². The van der Waals surface area contributed by atoms with Crippen LogP contribution in [0.3, 0.4) is 0 Å². The molecule has 0 bridgehead atoms. The Hall–Kier alpha value is -2.61. The lowest BCUT2D eigenvalue weighted by atomic mass is 9.98. The molecule has 1 atom stereocenters. The molecule has 1 unspecified atom stereocenters. The van der Waals surface area contributed by atoms with Crippen molar-refractivity contribution in [3.63, 3.8) is 0 Å². The minimum absolute atomic E-state index is 0.720. The van der Waals surface area contributed by atoms with E-state index in [4.69, 9.17) is 4.42 Å². The van der Waals surface area contributed by atoms with Gasteiger partial charge in [-0.05, 0) is 41.8 Å². The van der Waals surface area contributed by atoms with Gasteiger partial charge >= 0.3 is 0 Å². The number of pyridine rings is 1. The molecule has 0 amide bonds. The molecule has 130 valence electrons. The highest BCUT2D eigenvalue weighted by atomic mass is 32.2. The first kappa shape index (κ1) is 16.8. The Morgan fingerprint density at radius 1 is 1.08 bits per heavy atom. The molecule has 0 saturated heterocycles. The van der Waals surface area contributed by atoms with Gasteiger partial charge in [-0.15, -0.1) is 11.3 Å². The van der Waals surface area contributed by atoms with Crippen LogP contribution in [0.4, 0.5) is 5.13 Å². The molecule has 3 aromatic heterocycles. The van der Waals surface area contributed by atoms with Crippen molar-refractivity contribution in [2.75, 3.05) is 4.72 Å². The van der Waals surface area contributed by atoms with Crippen molar-refractivity contribution in [1.82, 2.24) is 9.97 Å². The molecule has 0 radical (unpaired) electrons. The quantitative estimate of drug-likeness (QED) is 0.458. The van der Waals surface area contributed by atoms with Gasteiger partial charge in [0.15, 0.2) is 5.13 Å². The third kappa shape index (κ3) is 3.65. The molecular weight excluding hydrogens is 366 g/mol. The van der Waals surface area contributed by atoms with Crippen LogP contribution in [0.1, 0.15) is 17.2 Å². The van der Waals surface area contributed by atoms with E-state index in [0.717, 1.165) is 32.4 Å². The molecule has 0 fully saturated rings. The molecule has 4 rings (SSSR count). The van der Waals surface area contributed by atoms with Crippen LogP contribution in [-0.2, 0) is 0 Å². The summed E-state index contributed by atoms with van der Waals surface area (Å²) in [7, 11) is 0. The monoisotopic (exact) mass is 381 g/mol. The van der Waals surface area contributed by atoms with Gasteiger partial charge in [-0.3, -0.25) is 4.98 Å². The van der Waals surface area contributed by atoms with E-state index in [0.29, 0.717) is 0 Å². The van der Waals surface area contributed by atoms with Crippen LogP contribution in [0.5, 0.6) is 0 Å². The van der Waals surface area contributed by atoms with E-state index in [1.54, 1.807) is 36.3 Å². The zero-order valence-corrected chi connectivity index (χ0v) is 15.2. The highest BCUT2D eigenvalue weighted by Gasteiger charge is 2.17. The summed E-state index contributed by atoms with van der Waals surface area (Å²) in [5.74, 6) is 0. The van der Waals surface area contributed by atoms with Crippen LogP contribution in [0.25, 0.3) is 11.3 Å². The summed E-state index contributed by atoms with van der Waals surface area (Å²) < 4.78 is 8.34. The maximum atomic E-state index is 10.8. The van der Waals surface area contributed by atoms with Crippen LogP contribution in [0, 0.1) is 0 Å². The molecule has 4 aromatic rings. The lowest BCUT2D eigenvalue weighted by Gasteiger charge is -2.15. The first-order valence-electron chi connectivity index (χ1n) is 7.89. The highest BCUT2D eigenvalue weighted by molar-refractivity contribution is 8.00. The van der Waals surface area contributed by atoms with Crippen LogP contribution in [-0.4, -0.2) is 15.1 Å². The standard InChI is InChI=1S/C19H15N3O2S2/c23-18(16-2-1-8-20-17(16)14-7-10-24-12-14)13-3-5-15(6-4-13)26-22-19-21-9-11-25-19/h1-12,18,23H,(H,21,22). The molecule has 0 aliphatic heterocycles. The number of nitrogens with one attached hydrogen (secondary N) is 1. The fraction of sp³-hybridized carbons (Fsp3) is 0.0526. The Kier molecular flexibility index (Phi) is 5.01. The first-order chi connectivity index (χ1) is 12.8. The molecular formula is C19H15N3O2S2. The molecule has 0 aliphatic carbocycles. The average Bonchev–Trinajstić information content (AvgIpc) is 3.40. The number of aromatic nitrogens is 2. The van der Waals surface area contributed by atoms with Crippen LogP contribution >= 0.6 is 23.3 Å². The van der Waals surface area contributed by atoms with Crippen molar-refractivity contribution in [3.8, 4) is 11.3 Å². The number of aliphatic hydroxyl groups is 1. The second-order valence-corrected chi connectivity index (χ2v) is 7.24. The Morgan fingerprint density at radius 3 is 2.69 bits per heavy atom. The summed E-state index contributed by atoms with van der Waals surface area (Å²) in [6.45, 7) is 0. The van der Waals surface area contributed by atoms with Gasteiger partial charge in [0.2, 0.25) is 0 Å². The van der Waals surface area contributed by atoms with Gasteiger partial charge in [-0.1, -0.05) is 18.2 Å². The third-order valence-electron chi connectivity index (χ3n) is 3.81. The van der Waals surface area contributed by atoms with E-state index in [9.17, 15) is 5.11 Å². The lowest BCUT2D eigenvalue weighted by molar-refractivity contribution is 0.220. The van der Waals surface area contributed by atoms with Crippen molar-refractivity contribution < 1.29 is 9.52 Å². The predicted molar refractivity (Wildman–Crippen MR) is 104 cm³/mol. The number of furan rings is 1. The average molecular weight is 381 g/mol. The summed E-state index contributed by atoms with van der Waals surface area (Å²) in [6.07, 6.45) is 5.94. The third-order valence-corrected chi connectivity index (χ3v) is 5.43. The Morgan fingerprint density at radius 2 is 1.96 bits per heavy atom. The molecule has 0 spiro atoms. The van der Waals surface area contributed by atoms with Crippen molar-refractivity contribution in [3.05, 3.63) is 83.9 Å². The summed E-state index contributed by atoms with van der Waals surface area (Å²) >= 11 is 3.04. The Balaban J connectivity index is 1.53. The van der Waals surface area contributed by atoms with Gasteiger partial charge in [0.25, 0.3) is 0 Å². The van der Waals surface area contributed by atoms with E-state index >= 15 is 0 Å². The van der Waals surface area contributed by atoms with Gasteiger partial charge in [0, 0.05) is 33.8 Å². The number of aliphatic hydroxyl groups excluding tert-OH is 1. The smallest absolute Gasteiger partial charge is 0.192 e. The fourth-order valence-electron chi connectivity index (χ4n) is 2.55. The fourth-order valence-corrected chi connectivity index (χ4v) is 3.77. The number of nitrogens with zero attached hydrogens (tertiary/aromatic N) is 2. The molecule has 5 nitrogen and oxygen atoms in total. The van der Waals surface area contributed by atoms with Gasteiger partial charge < -0.3 is 14.2 Å². The van der Waals surface area contributed by atoms with Crippen molar-refractivity contribution >= 4 is 28.4 Å². The van der Waals surface area contributed by atoms with E-state index in [1.807, 2.05) is 47.8 Å². The SMILES string of the molecule is OC(c1ccc(SNc2nccs2)cc1)c1cccnc1-c1ccoc1. The number of thiazole rings is 1. The maximum absolute atomic E-state index is 10.8. The van der Waals surface area contributed by atoms with E-state index in [-0.39, 0.29) is 0 Å². The summed E-state index contributed by atoms with van der Waals surface area (Å²) in [5.41, 5.74) is 3.12. The Bertz CT molecular complexity index is 955. The molecule has 0 aliphatic rings. The van der Waals surface area contributed by atoms with E-state index < -0.39 is 6.10 Å². The highest BCUT2D eigenvalue weighted by Crippen LogP contribution is 2.31. The molecule has 7 heteroatoms. The first-order valence-corrected chi connectivity index (χ1v) is 9.59. The predicted octanol–water partition coefficient (Wildman–Crippen LogP) is 5.00. The topological polar surface area (TPSA) is 71.2 Å². The van der Waals surface area contributed by atoms with E-state index in [2.05, 4.69) is 14.7 Å². The second kappa shape index (κ2) is 7.74. The Labute approximate surface area is 158 Å². The zero-order chi connectivity index (χ0) is 17.8. The molecule has 26 heavy (non-hydrogen) atoms. The van der Waals surface area contributed by atoms with Gasteiger partial charge in [-0.25, -0.2) is 4.98 Å². The molecule has 3 heterocycles. The maximum Gasteiger partial charge on any atom is 0.192 e. The summed E-state index contributed by atoms with van der Waals surface area (Å²) in [5, 5.41) is 13.6. The molecule has 0 saturated carbocycles. The molecule has 1 aromatic carbocycles. The normalized spacial score (nSPS) is 12.0. The van der Waals surface area contributed by atoms with Crippen LogP contribution in [0.2, 0.25) is 0 Å². The minimum Gasteiger partial charge on any atom is -0.472 e. The van der Waals surface area contributed by atoms with Crippen LogP contribution < -0.4 is 4.72 Å². The number of rotatable bonds is 6. The van der Waals surface area contributed by atoms with Crippen molar-refractivity contribution in [2.45, 2.75) is 11.0 Å². The number of hydrogen-bond donors (Lipinski definition) is 2. The van der Waals surface area contributed by atoms with Gasteiger partial charge in [-0.2, -0.15) is 0 Å². The summed E-state index contributed by atoms with van der Waals surface area (Å²) in [4.78, 5) is 9.63. The number of hydrogen-bond acceptors (Lipinski definition) is 7. The van der Waals surface area contributed by atoms with Gasteiger partial charge in [0.1, 0.15) is 6.10 Å². The minimum atomic E-state index is -0.764. The van der Waals surface area contributed by atoms with Crippen LogP contribution in [0.15, 0.2) is 82.1 Å². The lowest BCUT2D eigenvalue weighted by Crippen LogP contribution is -2.03. The molecule has 2 N–H and O–H groups in total. The summed E-state index contributed by atoms with van der Waals surface area (Å²) in [6, 6.07) is 13.3. The zero-order valence-electron chi connectivity index (χ0n) is 13.6. The largest absolute Gasteiger partial charge is 0.472 e. The van der Waals surface area contributed by atoms with Crippen molar-refractivity contribution in [1.29, 1.82) is 0 Å². The number of anilines is 1. The number of benzene rings is 1.